The van der Waals surface area contributed by atoms with E-state index in [1.54, 1.807) is 14.0 Å². The van der Waals surface area contributed by atoms with Crippen LogP contribution in [0.5, 0.6) is 11.8 Å². The van der Waals surface area contributed by atoms with E-state index in [4.69, 9.17) is 9.47 Å². The number of ether oxygens (including phenoxy) is 2. The second-order valence-electron chi connectivity index (χ2n) is 4.19. The smallest absolute Gasteiger partial charge is 0.220 e. The van der Waals surface area contributed by atoms with Crippen molar-refractivity contribution in [2.75, 3.05) is 7.11 Å². The SMILES string of the molecule is COc1ccc2c(n1)O[C@@H](CC[C@@H](C)O)C2. The molecule has 0 amide bonds. The molecule has 1 N–H and O–H groups in total. The van der Waals surface area contributed by atoms with Gasteiger partial charge in [0.15, 0.2) is 0 Å². The molecule has 0 aliphatic carbocycles. The fraction of sp³-hybridized carbons (Fsp3) is 0.583. The monoisotopic (exact) mass is 223 g/mol. The number of aromatic nitrogens is 1. The van der Waals surface area contributed by atoms with Gasteiger partial charge in [0.1, 0.15) is 6.10 Å². The Labute approximate surface area is 95.2 Å². The van der Waals surface area contributed by atoms with Crippen LogP contribution in [-0.4, -0.2) is 29.4 Å². The van der Waals surface area contributed by atoms with E-state index in [0.29, 0.717) is 11.8 Å². The van der Waals surface area contributed by atoms with Crippen LogP contribution in [0.1, 0.15) is 25.3 Å². The van der Waals surface area contributed by atoms with Crippen molar-refractivity contribution in [1.29, 1.82) is 0 Å². The summed E-state index contributed by atoms with van der Waals surface area (Å²) in [5.41, 5.74) is 1.12. The topological polar surface area (TPSA) is 51.6 Å². The van der Waals surface area contributed by atoms with Gasteiger partial charge >= 0.3 is 0 Å². The summed E-state index contributed by atoms with van der Waals surface area (Å²) in [5.74, 6) is 1.25. The van der Waals surface area contributed by atoms with Crippen molar-refractivity contribution >= 4 is 0 Å². The number of fused-ring (bicyclic) bond motifs is 1. The zero-order valence-electron chi connectivity index (χ0n) is 9.64. The molecular weight excluding hydrogens is 206 g/mol. The first-order valence-corrected chi connectivity index (χ1v) is 5.57. The summed E-state index contributed by atoms with van der Waals surface area (Å²) in [4.78, 5) is 4.24. The first-order valence-electron chi connectivity index (χ1n) is 5.57. The molecule has 1 aliphatic heterocycles. The van der Waals surface area contributed by atoms with Crippen LogP contribution in [0.2, 0.25) is 0 Å². The lowest BCUT2D eigenvalue weighted by Crippen LogP contribution is -2.15. The molecule has 0 aromatic carbocycles. The molecule has 4 nitrogen and oxygen atoms in total. The van der Waals surface area contributed by atoms with E-state index in [1.165, 1.54) is 0 Å². The van der Waals surface area contributed by atoms with Crippen LogP contribution in [0.4, 0.5) is 0 Å². The molecule has 0 spiro atoms. The van der Waals surface area contributed by atoms with Crippen LogP contribution < -0.4 is 9.47 Å². The van der Waals surface area contributed by atoms with E-state index in [2.05, 4.69) is 4.98 Å². The van der Waals surface area contributed by atoms with Gasteiger partial charge in [-0.15, -0.1) is 0 Å². The summed E-state index contributed by atoms with van der Waals surface area (Å²) in [6, 6.07) is 3.84. The molecule has 1 aromatic rings. The van der Waals surface area contributed by atoms with Crippen molar-refractivity contribution in [3.05, 3.63) is 17.7 Å². The van der Waals surface area contributed by atoms with Crippen LogP contribution >= 0.6 is 0 Å². The summed E-state index contributed by atoms with van der Waals surface area (Å²) in [7, 11) is 1.59. The fourth-order valence-corrected chi connectivity index (χ4v) is 1.86. The molecule has 16 heavy (non-hydrogen) atoms. The second kappa shape index (κ2) is 4.70. The van der Waals surface area contributed by atoms with E-state index >= 15 is 0 Å². The van der Waals surface area contributed by atoms with Gasteiger partial charge in [-0.25, -0.2) is 0 Å². The zero-order valence-corrected chi connectivity index (χ0v) is 9.64. The Morgan fingerprint density at radius 3 is 3.12 bits per heavy atom. The third kappa shape index (κ3) is 2.44. The molecule has 2 rings (SSSR count). The summed E-state index contributed by atoms with van der Waals surface area (Å²) in [6.45, 7) is 1.80. The van der Waals surface area contributed by atoms with E-state index in [-0.39, 0.29) is 12.2 Å². The molecule has 0 saturated heterocycles. The minimum absolute atomic E-state index is 0.143. The van der Waals surface area contributed by atoms with Crippen molar-refractivity contribution in [3.8, 4) is 11.8 Å². The number of nitrogens with zero attached hydrogens (tertiary/aromatic N) is 1. The Kier molecular flexibility index (Phi) is 3.29. The normalized spacial score (nSPS) is 20.1. The van der Waals surface area contributed by atoms with Gasteiger partial charge in [0.25, 0.3) is 0 Å². The Bertz CT molecular complexity index is 365. The van der Waals surface area contributed by atoms with Gasteiger partial charge in [0, 0.05) is 18.1 Å². The van der Waals surface area contributed by atoms with Gasteiger partial charge in [-0.2, -0.15) is 4.98 Å². The molecule has 1 aliphatic rings. The Morgan fingerprint density at radius 2 is 2.44 bits per heavy atom. The first kappa shape index (κ1) is 11.2. The highest BCUT2D eigenvalue weighted by atomic mass is 16.5. The quantitative estimate of drug-likeness (QED) is 0.841. The molecule has 0 fully saturated rings. The molecule has 2 heterocycles. The molecule has 88 valence electrons. The zero-order chi connectivity index (χ0) is 11.5. The van der Waals surface area contributed by atoms with Crippen LogP contribution in [0.25, 0.3) is 0 Å². The number of pyridine rings is 1. The molecule has 1 aromatic heterocycles. The number of methoxy groups -OCH3 is 1. The Morgan fingerprint density at radius 1 is 1.62 bits per heavy atom. The van der Waals surface area contributed by atoms with E-state index in [9.17, 15) is 5.11 Å². The predicted molar refractivity (Wildman–Crippen MR) is 59.8 cm³/mol. The van der Waals surface area contributed by atoms with Gasteiger partial charge in [0.05, 0.1) is 13.2 Å². The lowest BCUT2D eigenvalue weighted by molar-refractivity contribution is 0.146. The van der Waals surface area contributed by atoms with Gasteiger partial charge in [-0.1, -0.05) is 0 Å². The van der Waals surface area contributed by atoms with Crippen molar-refractivity contribution in [2.24, 2.45) is 0 Å². The Balaban J connectivity index is 1.98. The number of rotatable bonds is 4. The van der Waals surface area contributed by atoms with Gasteiger partial charge in [-0.05, 0) is 25.8 Å². The van der Waals surface area contributed by atoms with Crippen LogP contribution in [0.15, 0.2) is 12.1 Å². The molecule has 2 atom stereocenters. The van der Waals surface area contributed by atoms with E-state index < -0.39 is 0 Å². The van der Waals surface area contributed by atoms with Crippen LogP contribution in [0, 0.1) is 0 Å². The molecule has 0 saturated carbocycles. The lowest BCUT2D eigenvalue weighted by Gasteiger charge is -2.10. The molecule has 0 radical (unpaired) electrons. The summed E-state index contributed by atoms with van der Waals surface area (Å²) in [5, 5.41) is 9.22. The molecular formula is C12H17NO3. The molecule has 0 bridgehead atoms. The van der Waals surface area contributed by atoms with Crippen molar-refractivity contribution < 1.29 is 14.6 Å². The minimum atomic E-state index is -0.269. The molecule has 4 heteroatoms. The average Bonchev–Trinajstić information content (AvgIpc) is 2.67. The summed E-state index contributed by atoms with van der Waals surface area (Å²) < 4.78 is 10.7. The average molecular weight is 223 g/mol. The number of hydrogen-bond acceptors (Lipinski definition) is 4. The van der Waals surface area contributed by atoms with Crippen molar-refractivity contribution in [3.63, 3.8) is 0 Å². The fourth-order valence-electron chi connectivity index (χ4n) is 1.86. The highest BCUT2D eigenvalue weighted by Crippen LogP contribution is 2.30. The van der Waals surface area contributed by atoms with Gasteiger partial charge < -0.3 is 14.6 Å². The van der Waals surface area contributed by atoms with Gasteiger partial charge in [-0.3, -0.25) is 0 Å². The van der Waals surface area contributed by atoms with Crippen molar-refractivity contribution in [1.82, 2.24) is 4.98 Å². The van der Waals surface area contributed by atoms with Crippen molar-refractivity contribution in [2.45, 2.75) is 38.4 Å². The van der Waals surface area contributed by atoms with Crippen LogP contribution in [-0.2, 0) is 6.42 Å². The third-order valence-corrected chi connectivity index (χ3v) is 2.75. The first-order chi connectivity index (χ1) is 7.69. The summed E-state index contributed by atoms with van der Waals surface area (Å²) in [6.07, 6.45) is 2.37. The minimum Gasteiger partial charge on any atom is -0.481 e. The lowest BCUT2D eigenvalue weighted by atomic mass is 10.1. The van der Waals surface area contributed by atoms with Gasteiger partial charge in [0.2, 0.25) is 11.8 Å². The predicted octanol–water partition coefficient (Wildman–Crippen LogP) is 1.55. The number of hydrogen-bond donors (Lipinski definition) is 1. The third-order valence-electron chi connectivity index (χ3n) is 2.75. The molecule has 0 unspecified atom stereocenters. The standard InChI is InChI=1S/C12H17NO3/c1-8(14)3-5-10-7-9-4-6-11(15-2)13-12(9)16-10/h4,6,8,10,14H,3,5,7H2,1-2H3/t8-,10+/m1/s1. The Hall–Kier alpha value is -1.29. The maximum atomic E-state index is 9.22. The maximum absolute atomic E-state index is 9.22. The highest BCUT2D eigenvalue weighted by molar-refractivity contribution is 5.34. The number of aliphatic hydroxyl groups is 1. The number of aliphatic hydroxyl groups excluding tert-OH is 1. The van der Waals surface area contributed by atoms with E-state index in [1.807, 2.05) is 12.1 Å². The summed E-state index contributed by atoms with van der Waals surface area (Å²) >= 11 is 0. The van der Waals surface area contributed by atoms with Crippen LogP contribution in [0.3, 0.4) is 0 Å². The van der Waals surface area contributed by atoms with E-state index in [0.717, 1.165) is 24.8 Å². The largest absolute Gasteiger partial charge is 0.481 e. The highest BCUT2D eigenvalue weighted by Gasteiger charge is 2.24. The maximum Gasteiger partial charge on any atom is 0.220 e. The second-order valence-corrected chi connectivity index (χ2v) is 4.19.